The average molecular weight is 163 g/mol. The Morgan fingerprint density at radius 2 is 2.50 bits per heavy atom. The Kier molecular flexibility index (Phi) is 1.50. The van der Waals surface area contributed by atoms with Crippen molar-refractivity contribution in [3.8, 4) is 0 Å². The second-order valence-corrected chi connectivity index (χ2v) is 2.88. The summed E-state index contributed by atoms with van der Waals surface area (Å²) < 4.78 is 0. The molecule has 3 nitrogen and oxygen atoms in total. The molecule has 1 unspecified atom stereocenters. The van der Waals surface area contributed by atoms with Gasteiger partial charge in [0.05, 0.1) is 5.92 Å². The topological polar surface area (TPSA) is 53.1 Å². The third-order valence-corrected chi connectivity index (χ3v) is 2.14. The molecule has 1 aromatic heterocycles. The van der Waals surface area contributed by atoms with E-state index in [1.165, 1.54) is 0 Å². The van der Waals surface area contributed by atoms with E-state index in [0.717, 1.165) is 11.3 Å². The number of H-pyrrole nitrogens is 1. The molecule has 0 radical (unpaired) electrons. The zero-order chi connectivity index (χ0) is 8.55. The molecular formula is C9H9NO2. The quantitative estimate of drug-likeness (QED) is 0.660. The van der Waals surface area contributed by atoms with Crippen LogP contribution >= 0.6 is 0 Å². The van der Waals surface area contributed by atoms with Gasteiger partial charge in [0.15, 0.2) is 0 Å². The molecule has 3 heteroatoms. The molecule has 1 aromatic rings. The van der Waals surface area contributed by atoms with Crippen LogP contribution in [0.5, 0.6) is 0 Å². The predicted molar refractivity (Wildman–Crippen MR) is 44.8 cm³/mol. The lowest BCUT2D eigenvalue weighted by atomic mass is 9.92. The second-order valence-electron chi connectivity index (χ2n) is 2.88. The standard InChI is InChI=1S/C9H9NO2/c11-9(12)7-2-1-3-8-6(7)4-5-10-8/h1,3-5,7,10H,2H2,(H,11,12). The van der Waals surface area contributed by atoms with Crippen LogP contribution in [0.3, 0.4) is 0 Å². The van der Waals surface area contributed by atoms with Gasteiger partial charge in [-0.05, 0) is 24.1 Å². The van der Waals surface area contributed by atoms with Crippen molar-refractivity contribution >= 4 is 12.0 Å². The van der Waals surface area contributed by atoms with Crippen molar-refractivity contribution in [2.45, 2.75) is 12.3 Å². The van der Waals surface area contributed by atoms with Crippen molar-refractivity contribution in [3.05, 3.63) is 29.6 Å². The number of hydrogen-bond acceptors (Lipinski definition) is 1. The Labute approximate surface area is 69.7 Å². The fourth-order valence-electron chi connectivity index (χ4n) is 1.53. The van der Waals surface area contributed by atoms with Gasteiger partial charge in [-0.2, -0.15) is 0 Å². The van der Waals surface area contributed by atoms with Crippen LogP contribution in [0.2, 0.25) is 0 Å². The van der Waals surface area contributed by atoms with Gasteiger partial charge < -0.3 is 10.1 Å². The van der Waals surface area contributed by atoms with Crippen molar-refractivity contribution in [3.63, 3.8) is 0 Å². The summed E-state index contributed by atoms with van der Waals surface area (Å²) in [4.78, 5) is 13.8. The molecule has 0 spiro atoms. The van der Waals surface area contributed by atoms with Crippen molar-refractivity contribution in [1.82, 2.24) is 4.98 Å². The summed E-state index contributed by atoms with van der Waals surface area (Å²) in [5.41, 5.74) is 1.82. The summed E-state index contributed by atoms with van der Waals surface area (Å²) in [7, 11) is 0. The van der Waals surface area contributed by atoms with Crippen molar-refractivity contribution in [2.24, 2.45) is 0 Å². The van der Waals surface area contributed by atoms with Crippen LogP contribution < -0.4 is 0 Å². The number of allylic oxidation sites excluding steroid dienone is 1. The van der Waals surface area contributed by atoms with E-state index in [0.29, 0.717) is 6.42 Å². The molecule has 1 aliphatic carbocycles. The lowest BCUT2D eigenvalue weighted by Gasteiger charge is -2.13. The molecule has 0 amide bonds. The third kappa shape index (κ3) is 0.942. The predicted octanol–water partition coefficient (Wildman–Crippen LogP) is 1.60. The van der Waals surface area contributed by atoms with E-state index in [-0.39, 0.29) is 5.92 Å². The van der Waals surface area contributed by atoms with E-state index in [1.54, 1.807) is 6.20 Å². The number of aliphatic carboxylic acids is 1. The van der Waals surface area contributed by atoms with E-state index in [1.807, 2.05) is 18.2 Å². The van der Waals surface area contributed by atoms with E-state index in [2.05, 4.69) is 4.98 Å². The van der Waals surface area contributed by atoms with Gasteiger partial charge >= 0.3 is 5.97 Å². The minimum atomic E-state index is -0.750. The Bertz CT molecular complexity index is 338. The lowest BCUT2D eigenvalue weighted by Crippen LogP contribution is -2.13. The molecule has 0 bridgehead atoms. The monoisotopic (exact) mass is 163 g/mol. The van der Waals surface area contributed by atoms with Gasteiger partial charge in [0.1, 0.15) is 0 Å². The highest BCUT2D eigenvalue weighted by molar-refractivity contribution is 5.79. The summed E-state index contributed by atoms with van der Waals surface area (Å²) in [6, 6.07) is 1.83. The first-order valence-corrected chi connectivity index (χ1v) is 3.85. The molecule has 1 atom stereocenters. The average Bonchev–Trinajstić information content (AvgIpc) is 2.49. The minimum Gasteiger partial charge on any atom is -0.481 e. The maximum Gasteiger partial charge on any atom is 0.311 e. The molecule has 0 fully saturated rings. The van der Waals surface area contributed by atoms with Gasteiger partial charge in [0.2, 0.25) is 0 Å². The van der Waals surface area contributed by atoms with Crippen molar-refractivity contribution < 1.29 is 9.90 Å². The zero-order valence-electron chi connectivity index (χ0n) is 6.45. The maximum atomic E-state index is 10.8. The van der Waals surface area contributed by atoms with Gasteiger partial charge in [-0.1, -0.05) is 6.08 Å². The highest BCUT2D eigenvalue weighted by Gasteiger charge is 2.23. The fraction of sp³-hybridized carbons (Fsp3) is 0.222. The number of carboxylic acid groups (broad SMARTS) is 1. The number of nitrogens with one attached hydrogen (secondary N) is 1. The smallest absolute Gasteiger partial charge is 0.311 e. The van der Waals surface area contributed by atoms with Gasteiger partial charge in [0.25, 0.3) is 0 Å². The number of carbonyl (C=O) groups is 1. The van der Waals surface area contributed by atoms with E-state index < -0.39 is 5.97 Å². The van der Waals surface area contributed by atoms with Gasteiger partial charge in [-0.3, -0.25) is 4.79 Å². The SMILES string of the molecule is O=C(O)C1CC=Cc2[nH]ccc21. The summed E-state index contributed by atoms with van der Waals surface area (Å²) in [5, 5.41) is 8.86. The molecule has 0 saturated heterocycles. The Balaban J connectivity index is 2.45. The van der Waals surface area contributed by atoms with Crippen LogP contribution in [-0.4, -0.2) is 16.1 Å². The lowest BCUT2D eigenvalue weighted by molar-refractivity contribution is -0.138. The largest absolute Gasteiger partial charge is 0.481 e. The highest BCUT2D eigenvalue weighted by Crippen LogP contribution is 2.28. The summed E-state index contributed by atoms with van der Waals surface area (Å²) in [6.45, 7) is 0. The van der Waals surface area contributed by atoms with Crippen molar-refractivity contribution in [2.75, 3.05) is 0 Å². The molecule has 0 saturated carbocycles. The molecule has 0 aromatic carbocycles. The number of hydrogen-bond donors (Lipinski definition) is 2. The molecule has 2 rings (SSSR count). The molecule has 1 heterocycles. The van der Waals surface area contributed by atoms with Crippen molar-refractivity contribution in [1.29, 1.82) is 0 Å². The number of fused-ring (bicyclic) bond motifs is 1. The first-order chi connectivity index (χ1) is 5.79. The molecule has 12 heavy (non-hydrogen) atoms. The van der Waals surface area contributed by atoms with Gasteiger partial charge in [0, 0.05) is 11.9 Å². The van der Waals surface area contributed by atoms with Gasteiger partial charge in [-0.25, -0.2) is 0 Å². The van der Waals surface area contributed by atoms with E-state index >= 15 is 0 Å². The van der Waals surface area contributed by atoms with Gasteiger partial charge in [-0.15, -0.1) is 0 Å². The summed E-state index contributed by atoms with van der Waals surface area (Å²) in [6.07, 6.45) is 6.18. The number of rotatable bonds is 1. The minimum absolute atomic E-state index is 0.365. The zero-order valence-corrected chi connectivity index (χ0v) is 6.45. The molecule has 0 aliphatic heterocycles. The maximum absolute atomic E-state index is 10.8. The summed E-state index contributed by atoms with van der Waals surface area (Å²) >= 11 is 0. The van der Waals surface area contributed by atoms with Crippen LogP contribution in [0.15, 0.2) is 18.3 Å². The van der Waals surface area contributed by atoms with Crippen LogP contribution in [0, 0.1) is 0 Å². The van der Waals surface area contributed by atoms with Crippen LogP contribution in [-0.2, 0) is 4.79 Å². The molecule has 1 aliphatic rings. The normalized spacial score (nSPS) is 20.5. The number of aromatic amines is 1. The molecule has 62 valence electrons. The Hall–Kier alpha value is -1.51. The Morgan fingerprint density at radius 1 is 1.67 bits per heavy atom. The molecule has 2 N–H and O–H groups in total. The van der Waals surface area contributed by atoms with E-state index in [9.17, 15) is 4.79 Å². The number of aromatic nitrogens is 1. The van der Waals surface area contributed by atoms with E-state index in [4.69, 9.17) is 5.11 Å². The fourth-order valence-corrected chi connectivity index (χ4v) is 1.53. The summed E-state index contributed by atoms with van der Waals surface area (Å²) in [5.74, 6) is -1.11. The van der Waals surface area contributed by atoms with Crippen LogP contribution in [0.4, 0.5) is 0 Å². The molecular weight excluding hydrogens is 154 g/mol. The highest BCUT2D eigenvalue weighted by atomic mass is 16.4. The first-order valence-electron chi connectivity index (χ1n) is 3.85. The Morgan fingerprint density at radius 3 is 3.25 bits per heavy atom. The van der Waals surface area contributed by atoms with Crippen LogP contribution in [0.1, 0.15) is 23.6 Å². The number of carboxylic acids is 1. The third-order valence-electron chi connectivity index (χ3n) is 2.14. The second kappa shape index (κ2) is 2.52. The van der Waals surface area contributed by atoms with Crippen LogP contribution in [0.25, 0.3) is 6.08 Å². The first kappa shape index (κ1) is 7.16.